The Balaban J connectivity index is 1.40. The first-order chi connectivity index (χ1) is 16.3. The number of nitrogens with zero attached hydrogens (tertiary/aromatic N) is 2. The molecule has 5 heteroatoms. The molecule has 0 unspecified atom stereocenters. The zero-order chi connectivity index (χ0) is 23.1. The molecule has 1 heterocycles. The number of methoxy groups -OCH3 is 1. The van der Waals surface area contributed by atoms with Crippen LogP contribution in [0.5, 0.6) is 5.75 Å². The van der Waals surface area contributed by atoms with Crippen LogP contribution in [0.1, 0.15) is 81.7 Å². The Morgan fingerprint density at radius 2 is 1.61 bits per heavy atom. The highest BCUT2D eigenvalue weighted by atomic mass is 16.5. The average Bonchev–Trinajstić information content (AvgIpc) is 3.32. The molecule has 0 aliphatic heterocycles. The molecule has 0 spiro atoms. The Bertz CT molecular complexity index is 938. The molecular weight excluding hydrogens is 410 g/mol. The van der Waals surface area contributed by atoms with E-state index in [1.807, 2.05) is 30.3 Å². The molecule has 0 atom stereocenters. The van der Waals surface area contributed by atoms with Gasteiger partial charge in [-0.25, -0.2) is 0 Å². The summed E-state index contributed by atoms with van der Waals surface area (Å²) in [6.45, 7) is 3.77. The highest BCUT2D eigenvalue weighted by Gasteiger charge is 2.09. The maximum atomic E-state index is 5.54. The lowest BCUT2D eigenvalue weighted by molar-refractivity contribution is 0.407. The van der Waals surface area contributed by atoms with E-state index in [1.54, 1.807) is 7.11 Å². The first-order valence-corrected chi connectivity index (χ1v) is 12.5. The van der Waals surface area contributed by atoms with Crippen LogP contribution in [0.25, 0.3) is 11.5 Å². The van der Waals surface area contributed by atoms with Crippen LogP contribution in [0.2, 0.25) is 0 Å². The van der Waals surface area contributed by atoms with Gasteiger partial charge in [0.05, 0.1) is 7.11 Å². The third kappa shape index (κ3) is 8.65. The van der Waals surface area contributed by atoms with Gasteiger partial charge in [-0.3, -0.25) is 0 Å². The van der Waals surface area contributed by atoms with E-state index >= 15 is 0 Å². The summed E-state index contributed by atoms with van der Waals surface area (Å²) in [5.41, 5.74) is 3.30. The van der Waals surface area contributed by atoms with Crippen LogP contribution >= 0.6 is 0 Å². The summed E-state index contributed by atoms with van der Waals surface area (Å²) in [6.07, 6.45) is 12.8. The molecule has 0 aliphatic rings. The van der Waals surface area contributed by atoms with Gasteiger partial charge in [0.15, 0.2) is 5.82 Å². The first-order valence-electron chi connectivity index (χ1n) is 12.5. The van der Waals surface area contributed by atoms with Crippen LogP contribution in [0.4, 0.5) is 0 Å². The highest BCUT2D eigenvalue weighted by Crippen LogP contribution is 2.20. The minimum Gasteiger partial charge on any atom is -0.496 e. The number of para-hydroxylation sites is 1. The van der Waals surface area contributed by atoms with Crippen LogP contribution in [0.3, 0.4) is 0 Å². The Hall–Kier alpha value is -2.66. The van der Waals surface area contributed by atoms with E-state index in [2.05, 4.69) is 40.6 Å². The van der Waals surface area contributed by atoms with Gasteiger partial charge in [-0.05, 0) is 30.2 Å². The molecule has 0 amide bonds. The molecule has 0 fully saturated rings. The SMILES string of the molecule is CCCCCCCCCCCc1noc(-c2cccc(CNCc3ccccc3OC)c2)n1. The van der Waals surface area contributed by atoms with Gasteiger partial charge in [0.25, 0.3) is 5.89 Å². The lowest BCUT2D eigenvalue weighted by atomic mass is 10.1. The molecule has 178 valence electrons. The number of nitrogens with one attached hydrogen (secondary N) is 1. The van der Waals surface area contributed by atoms with E-state index in [9.17, 15) is 0 Å². The Morgan fingerprint density at radius 1 is 0.848 bits per heavy atom. The molecule has 0 saturated carbocycles. The predicted octanol–water partition coefficient (Wildman–Crippen LogP) is 7.11. The molecule has 2 aromatic carbocycles. The highest BCUT2D eigenvalue weighted by molar-refractivity contribution is 5.54. The quantitative estimate of drug-likeness (QED) is 0.236. The molecule has 3 rings (SSSR count). The van der Waals surface area contributed by atoms with Crippen LogP contribution in [0.15, 0.2) is 53.1 Å². The van der Waals surface area contributed by atoms with Gasteiger partial charge < -0.3 is 14.6 Å². The zero-order valence-corrected chi connectivity index (χ0v) is 20.3. The number of rotatable bonds is 16. The molecule has 0 bridgehead atoms. The fourth-order valence-corrected chi connectivity index (χ4v) is 4.07. The van der Waals surface area contributed by atoms with E-state index < -0.39 is 0 Å². The fourth-order valence-electron chi connectivity index (χ4n) is 4.07. The van der Waals surface area contributed by atoms with E-state index in [4.69, 9.17) is 9.26 Å². The second-order valence-electron chi connectivity index (χ2n) is 8.71. The lowest BCUT2D eigenvalue weighted by Crippen LogP contribution is -2.13. The number of benzene rings is 2. The number of ether oxygens (including phenoxy) is 1. The smallest absolute Gasteiger partial charge is 0.257 e. The standard InChI is InChI=1S/C28H39N3O2/c1-3-4-5-6-7-8-9-10-11-19-27-30-28(33-31-27)24-17-14-15-23(20-24)21-29-22-25-16-12-13-18-26(25)32-2/h12-18,20,29H,3-11,19,21-22H2,1-2H3. The van der Waals surface area contributed by atoms with Crippen molar-refractivity contribution in [3.05, 3.63) is 65.5 Å². The van der Waals surface area contributed by atoms with Crippen molar-refractivity contribution in [3.8, 4) is 17.2 Å². The first kappa shape index (κ1) is 25.0. The van der Waals surface area contributed by atoms with Crippen LogP contribution in [-0.2, 0) is 19.5 Å². The minimum absolute atomic E-state index is 0.604. The van der Waals surface area contributed by atoms with Crippen molar-refractivity contribution >= 4 is 0 Å². The molecule has 33 heavy (non-hydrogen) atoms. The Kier molecular flexibility index (Phi) is 11.0. The number of unbranched alkanes of at least 4 members (excludes halogenated alkanes) is 8. The Morgan fingerprint density at radius 3 is 2.39 bits per heavy atom. The Labute approximate surface area is 199 Å². The monoisotopic (exact) mass is 449 g/mol. The van der Waals surface area contributed by atoms with Crippen LogP contribution in [0, 0.1) is 0 Å². The third-order valence-corrected chi connectivity index (χ3v) is 5.98. The summed E-state index contributed by atoms with van der Waals surface area (Å²) in [4.78, 5) is 4.63. The number of aromatic nitrogens is 2. The summed E-state index contributed by atoms with van der Waals surface area (Å²) in [5.74, 6) is 2.32. The number of hydrogen-bond acceptors (Lipinski definition) is 5. The second-order valence-corrected chi connectivity index (χ2v) is 8.71. The van der Waals surface area contributed by atoms with E-state index in [-0.39, 0.29) is 0 Å². The predicted molar refractivity (Wildman–Crippen MR) is 134 cm³/mol. The maximum Gasteiger partial charge on any atom is 0.257 e. The summed E-state index contributed by atoms with van der Waals surface area (Å²) in [6, 6.07) is 16.4. The third-order valence-electron chi connectivity index (χ3n) is 5.98. The summed E-state index contributed by atoms with van der Waals surface area (Å²) < 4.78 is 11.0. The van der Waals surface area contributed by atoms with E-state index in [1.165, 1.54) is 56.9 Å². The van der Waals surface area contributed by atoms with Gasteiger partial charge in [0.1, 0.15) is 5.75 Å². The van der Waals surface area contributed by atoms with Crippen molar-refractivity contribution in [3.63, 3.8) is 0 Å². The van der Waals surface area contributed by atoms with Gasteiger partial charge in [0.2, 0.25) is 0 Å². The minimum atomic E-state index is 0.604. The van der Waals surface area contributed by atoms with Gasteiger partial charge in [-0.1, -0.05) is 93.8 Å². The summed E-state index contributed by atoms with van der Waals surface area (Å²) in [7, 11) is 1.70. The van der Waals surface area contributed by atoms with Gasteiger partial charge >= 0.3 is 0 Å². The largest absolute Gasteiger partial charge is 0.496 e. The summed E-state index contributed by atoms with van der Waals surface area (Å²) in [5, 5.41) is 7.68. The number of hydrogen-bond donors (Lipinski definition) is 1. The van der Waals surface area contributed by atoms with Crippen LogP contribution in [-0.4, -0.2) is 17.3 Å². The average molecular weight is 450 g/mol. The molecule has 1 N–H and O–H groups in total. The topological polar surface area (TPSA) is 60.2 Å². The number of aryl methyl sites for hydroxylation is 1. The van der Waals surface area contributed by atoms with Crippen molar-refractivity contribution in [1.82, 2.24) is 15.5 Å². The normalized spacial score (nSPS) is 11.1. The van der Waals surface area contributed by atoms with Crippen molar-refractivity contribution in [2.75, 3.05) is 7.11 Å². The fraction of sp³-hybridized carbons (Fsp3) is 0.500. The maximum absolute atomic E-state index is 5.54. The molecular formula is C28H39N3O2. The van der Waals surface area contributed by atoms with Crippen molar-refractivity contribution in [2.24, 2.45) is 0 Å². The van der Waals surface area contributed by atoms with Crippen LogP contribution < -0.4 is 10.1 Å². The molecule has 0 radical (unpaired) electrons. The van der Waals surface area contributed by atoms with Gasteiger partial charge in [-0.15, -0.1) is 0 Å². The molecule has 5 nitrogen and oxygen atoms in total. The summed E-state index contributed by atoms with van der Waals surface area (Å²) >= 11 is 0. The lowest BCUT2D eigenvalue weighted by Gasteiger charge is -2.09. The molecule has 0 aliphatic carbocycles. The van der Waals surface area contributed by atoms with Crippen molar-refractivity contribution in [2.45, 2.75) is 84.2 Å². The molecule has 3 aromatic rings. The molecule has 0 saturated heterocycles. The van der Waals surface area contributed by atoms with Crippen molar-refractivity contribution < 1.29 is 9.26 Å². The van der Waals surface area contributed by atoms with E-state index in [0.29, 0.717) is 5.89 Å². The second kappa shape index (κ2) is 14.5. The van der Waals surface area contributed by atoms with E-state index in [0.717, 1.165) is 48.6 Å². The van der Waals surface area contributed by atoms with Gasteiger partial charge in [-0.2, -0.15) is 4.98 Å². The van der Waals surface area contributed by atoms with Crippen molar-refractivity contribution in [1.29, 1.82) is 0 Å². The zero-order valence-electron chi connectivity index (χ0n) is 20.3. The molecule has 1 aromatic heterocycles. The van der Waals surface area contributed by atoms with Gasteiger partial charge in [0, 0.05) is 30.6 Å².